The van der Waals surface area contributed by atoms with Crippen molar-refractivity contribution in [1.82, 2.24) is 10.2 Å². The van der Waals surface area contributed by atoms with E-state index >= 15 is 9.59 Å². The van der Waals surface area contributed by atoms with Crippen molar-refractivity contribution in [1.29, 1.82) is 0 Å². The number of phenols is 1. The lowest BCUT2D eigenvalue weighted by atomic mass is 9.65. The van der Waals surface area contributed by atoms with Gasteiger partial charge in [0.25, 0.3) is 0 Å². The molecule has 19 nitrogen and oxygen atoms in total. The van der Waals surface area contributed by atoms with Crippen LogP contribution in [0.3, 0.4) is 0 Å². The number of likely N-dealkylation sites (N-methyl/N-ethyl adjacent to an activating group) is 1. The molecule has 1 aliphatic carbocycles. The van der Waals surface area contributed by atoms with E-state index in [1.807, 2.05) is 45.8 Å². The maximum Gasteiger partial charge on any atom is 0.323 e. The third-order valence-electron chi connectivity index (χ3n) is 17.5. The molecule has 74 heavy (non-hydrogen) atoms. The number of carbonyl (C=O) groups excluding carboxylic acids is 3. The van der Waals surface area contributed by atoms with Gasteiger partial charge in [0.05, 0.1) is 58.9 Å². The Hall–Kier alpha value is -3.28. The summed E-state index contributed by atoms with van der Waals surface area (Å²) in [5.74, 6) is -4.59. The SMILES string of the molecule is CCC1OC(=O)C(C)C(OC2CC(C)(OC)C(O)C(C)O2)C(C)C(OC2OC(C)CC(N(C)C)C2O)C(C)(OC)CC(C)C(=O)C(C)C2(N)C(SN(C3=CCN3)c3ccc(O)c(OC4CCCC4)c3)C(=O)OC12C. The molecule has 0 radical (unpaired) electrons. The third-order valence-corrected chi connectivity index (χ3v) is 18.9. The molecule has 6 aliphatic rings. The number of carbonyl (C=O) groups is 3. The second-order valence-electron chi connectivity index (χ2n) is 22.8. The zero-order valence-corrected chi connectivity index (χ0v) is 46.8. The van der Waals surface area contributed by atoms with Crippen molar-refractivity contribution in [3.8, 4) is 11.5 Å². The first-order valence-electron chi connectivity index (χ1n) is 26.7. The Morgan fingerprint density at radius 2 is 1.58 bits per heavy atom. The Bertz CT molecular complexity index is 2190. The van der Waals surface area contributed by atoms with Gasteiger partial charge < -0.3 is 73.9 Å². The van der Waals surface area contributed by atoms with Crippen LogP contribution in [0.1, 0.15) is 121 Å². The average Bonchev–Trinajstić information content (AvgIpc) is 3.93. The number of Topliss-reactive ketones (excluding diaryl/α,β-unsaturated/α-hetero) is 1. The van der Waals surface area contributed by atoms with Crippen molar-refractivity contribution < 1.29 is 72.3 Å². The van der Waals surface area contributed by atoms with Crippen LogP contribution < -0.4 is 20.1 Å². The van der Waals surface area contributed by atoms with Crippen LogP contribution in [-0.4, -0.2) is 168 Å². The lowest BCUT2D eigenvalue weighted by Crippen LogP contribution is -2.71. The highest BCUT2D eigenvalue weighted by molar-refractivity contribution is 8.02. The van der Waals surface area contributed by atoms with Gasteiger partial charge in [0, 0.05) is 57.0 Å². The Labute approximate surface area is 442 Å². The van der Waals surface area contributed by atoms with Gasteiger partial charge in [-0.15, -0.1) is 0 Å². The number of cyclic esters (lactones) is 1. The van der Waals surface area contributed by atoms with Gasteiger partial charge in [-0.25, -0.2) is 0 Å². The van der Waals surface area contributed by atoms with Crippen LogP contribution in [0.2, 0.25) is 0 Å². The van der Waals surface area contributed by atoms with Gasteiger partial charge in [0.2, 0.25) is 0 Å². The monoisotopic (exact) mass is 1060 g/mol. The fourth-order valence-corrected chi connectivity index (χ4v) is 13.9. The predicted octanol–water partition coefficient (Wildman–Crippen LogP) is 5.34. The molecule has 0 aromatic heterocycles. The number of aromatic hydroxyl groups is 1. The van der Waals surface area contributed by atoms with E-state index in [0.717, 1.165) is 37.6 Å². The molecular weight excluding hydrogens is 977 g/mol. The molecule has 0 spiro atoms. The Kier molecular flexibility index (Phi) is 18.1. The van der Waals surface area contributed by atoms with Crippen LogP contribution in [0.4, 0.5) is 5.69 Å². The first-order chi connectivity index (χ1) is 34.8. The molecule has 5 fully saturated rings. The normalized spacial score (nSPS) is 42.6. The second-order valence-corrected chi connectivity index (χ2v) is 23.8. The minimum atomic E-state index is -1.85. The summed E-state index contributed by atoms with van der Waals surface area (Å²) < 4.78 is 60.2. The number of nitrogens with two attached hydrogens (primary N) is 1. The van der Waals surface area contributed by atoms with Gasteiger partial charge in [0.15, 0.2) is 29.7 Å². The van der Waals surface area contributed by atoms with Crippen LogP contribution in [-0.2, 0) is 52.3 Å². The number of phenolic OH excluding ortho intramolecular Hbond substituents is 1. The maximum absolute atomic E-state index is 15.6. The zero-order valence-electron chi connectivity index (χ0n) is 46.0. The molecule has 6 N–H and O–H groups in total. The van der Waals surface area contributed by atoms with Crippen LogP contribution in [0.25, 0.3) is 0 Å². The molecule has 7 rings (SSSR count). The van der Waals surface area contributed by atoms with Crippen molar-refractivity contribution in [3.05, 3.63) is 30.1 Å². The fraction of sp³-hybridized carbons (Fsp3) is 0.796. The number of esters is 2. The van der Waals surface area contributed by atoms with E-state index in [1.54, 1.807) is 71.0 Å². The van der Waals surface area contributed by atoms with Gasteiger partial charge in [-0.1, -0.05) is 27.7 Å². The maximum atomic E-state index is 15.6. The van der Waals surface area contributed by atoms with Crippen molar-refractivity contribution in [2.45, 2.75) is 216 Å². The highest BCUT2D eigenvalue weighted by Crippen LogP contribution is 2.53. The number of aliphatic hydroxyl groups is 2. The molecule has 5 heterocycles. The summed E-state index contributed by atoms with van der Waals surface area (Å²) in [6.45, 7) is 18.3. The van der Waals surface area contributed by atoms with E-state index in [1.165, 1.54) is 14.2 Å². The van der Waals surface area contributed by atoms with Crippen LogP contribution in [0, 0.1) is 23.7 Å². The molecule has 19 unspecified atom stereocenters. The minimum Gasteiger partial charge on any atom is -0.504 e. The molecule has 4 saturated heterocycles. The first kappa shape index (κ1) is 58.4. The quantitative estimate of drug-likeness (QED) is 0.117. The van der Waals surface area contributed by atoms with Crippen molar-refractivity contribution in [3.63, 3.8) is 0 Å². The first-order valence-corrected chi connectivity index (χ1v) is 27.5. The Morgan fingerprint density at radius 3 is 2.18 bits per heavy atom. The zero-order chi connectivity index (χ0) is 54.4. The number of ketones is 1. The summed E-state index contributed by atoms with van der Waals surface area (Å²) in [4.78, 5) is 47.6. The van der Waals surface area contributed by atoms with E-state index in [4.69, 9.17) is 48.4 Å². The van der Waals surface area contributed by atoms with E-state index in [-0.39, 0.29) is 49.0 Å². The number of nitrogens with one attached hydrogen (secondary N) is 1. The standard InChI is InChI=1S/C54H86N4O15S/c1-15-39-53(10)54(55,47(49(64)73-53)74-58(40-22-23-56-40)34-20-21-37(59)38(25-34)69-35-18-16-17-19-35)32(6)42(60)28(2)26-52(9,66-14)46(72-50-43(61)36(57(11)12)24-29(3)67-50)30(4)44(31(5)48(63)70-39)71-41-27-51(8,65-13)45(62)33(7)68-41/h20-22,25,28-33,35-36,39,41,43-47,50,56,59,61-62H,15-19,23-24,26-27,55H2,1-14H3. The predicted molar refractivity (Wildman–Crippen MR) is 277 cm³/mol. The molecule has 19 atom stereocenters. The number of benzene rings is 1. The van der Waals surface area contributed by atoms with Gasteiger partial charge in [-0.3, -0.25) is 18.7 Å². The van der Waals surface area contributed by atoms with E-state index < -0.39 is 112 Å². The molecule has 418 valence electrons. The summed E-state index contributed by atoms with van der Waals surface area (Å²) in [6, 6.07) is 4.66. The van der Waals surface area contributed by atoms with E-state index in [0.29, 0.717) is 30.2 Å². The number of hydrogen-bond acceptors (Lipinski definition) is 20. The van der Waals surface area contributed by atoms with Gasteiger partial charge in [-0.2, -0.15) is 0 Å². The summed E-state index contributed by atoms with van der Waals surface area (Å²) in [7, 11) is 6.80. The number of nitrogens with zero attached hydrogens (tertiary/aromatic N) is 2. The van der Waals surface area contributed by atoms with Crippen LogP contribution in [0.15, 0.2) is 30.1 Å². The van der Waals surface area contributed by atoms with Gasteiger partial charge in [0.1, 0.15) is 35.2 Å². The highest BCUT2D eigenvalue weighted by Gasteiger charge is 2.71. The van der Waals surface area contributed by atoms with E-state index in [2.05, 4.69) is 5.32 Å². The number of rotatable bonds is 14. The van der Waals surface area contributed by atoms with E-state index in [9.17, 15) is 20.1 Å². The lowest BCUT2D eigenvalue weighted by Gasteiger charge is -2.51. The van der Waals surface area contributed by atoms with Crippen molar-refractivity contribution in [2.24, 2.45) is 29.4 Å². The lowest BCUT2D eigenvalue weighted by molar-refractivity contribution is -0.319. The molecule has 0 bridgehead atoms. The Morgan fingerprint density at radius 1 is 0.919 bits per heavy atom. The molecule has 1 aromatic rings. The highest BCUT2D eigenvalue weighted by atomic mass is 32.2. The number of methoxy groups -OCH3 is 2. The summed E-state index contributed by atoms with van der Waals surface area (Å²) in [5, 5.41) is 36.1. The number of hydrogen-bond donors (Lipinski definition) is 5. The number of aliphatic hydroxyl groups excluding tert-OH is 2. The van der Waals surface area contributed by atoms with Gasteiger partial charge >= 0.3 is 11.9 Å². The Balaban J connectivity index is 1.33. The second kappa shape index (κ2) is 23.0. The fourth-order valence-electron chi connectivity index (χ4n) is 12.5. The number of anilines is 1. The van der Waals surface area contributed by atoms with Crippen molar-refractivity contribution in [2.75, 3.05) is 39.2 Å². The molecular formula is C54H86N4O15S. The minimum absolute atomic E-state index is 0.0223. The van der Waals surface area contributed by atoms with Gasteiger partial charge in [-0.05, 0) is 131 Å². The molecule has 5 aliphatic heterocycles. The van der Waals surface area contributed by atoms with Crippen molar-refractivity contribution >= 4 is 35.4 Å². The molecule has 1 saturated carbocycles. The van der Waals surface area contributed by atoms with Crippen LogP contribution in [0.5, 0.6) is 11.5 Å². The number of fused-ring (bicyclic) bond motifs is 1. The van der Waals surface area contributed by atoms with Crippen LogP contribution >= 0.6 is 11.9 Å². The summed E-state index contributed by atoms with van der Waals surface area (Å²) >= 11 is 1.08. The topological polar surface area (TPSA) is 240 Å². The summed E-state index contributed by atoms with van der Waals surface area (Å²) in [5.41, 5.74) is 2.33. The number of ether oxygens (including phenoxy) is 9. The molecule has 1 aromatic carbocycles. The largest absolute Gasteiger partial charge is 0.504 e. The average molecular weight is 1060 g/mol. The smallest absolute Gasteiger partial charge is 0.323 e. The summed E-state index contributed by atoms with van der Waals surface area (Å²) in [6.07, 6.45) is -2.11. The molecule has 20 heteroatoms. The third kappa shape index (κ3) is 11.1. The molecule has 0 amide bonds.